The molecule has 0 saturated heterocycles. The zero-order valence-electron chi connectivity index (χ0n) is 10.3. The van der Waals surface area contributed by atoms with Crippen molar-refractivity contribution in [3.05, 3.63) is 29.3 Å². The zero-order chi connectivity index (χ0) is 15.5. The predicted octanol–water partition coefficient (Wildman–Crippen LogP) is 2.30. The number of aliphatic hydroxyl groups is 1. The Kier molecular flexibility index (Phi) is 4.72. The second-order valence-electron chi connectivity index (χ2n) is 3.82. The third-order valence-corrected chi connectivity index (χ3v) is 2.41. The summed E-state index contributed by atoms with van der Waals surface area (Å²) in [6.07, 6.45) is -7.19. The lowest BCUT2D eigenvalue weighted by molar-refractivity contribution is -0.275. The van der Waals surface area contributed by atoms with E-state index in [1.807, 2.05) is 0 Å². The average molecular weight is 292 g/mol. The Morgan fingerprint density at radius 2 is 1.95 bits per heavy atom. The lowest BCUT2D eigenvalue weighted by Gasteiger charge is -2.16. The summed E-state index contributed by atoms with van der Waals surface area (Å²) in [6.45, 7) is 1.52. The largest absolute Gasteiger partial charge is 0.573 e. The molecule has 1 aromatic carbocycles. The van der Waals surface area contributed by atoms with Gasteiger partial charge in [-0.05, 0) is 6.07 Å². The van der Waals surface area contributed by atoms with E-state index >= 15 is 0 Å². The number of benzene rings is 1. The van der Waals surface area contributed by atoms with Gasteiger partial charge in [-0.15, -0.1) is 13.2 Å². The van der Waals surface area contributed by atoms with Crippen molar-refractivity contribution in [1.82, 2.24) is 0 Å². The Morgan fingerprint density at radius 1 is 1.35 bits per heavy atom. The summed E-state index contributed by atoms with van der Waals surface area (Å²) in [5.74, 6) is -3.08. The van der Waals surface area contributed by atoms with Crippen molar-refractivity contribution < 1.29 is 37.7 Å². The van der Waals surface area contributed by atoms with Gasteiger partial charge in [0.25, 0.3) is 0 Å². The fraction of sp³-hybridized carbons (Fsp3) is 0.333. The summed E-state index contributed by atoms with van der Waals surface area (Å²) in [4.78, 5) is 22.1. The number of aliphatic carboxylic acids is 1. The molecule has 0 spiro atoms. The van der Waals surface area contributed by atoms with Gasteiger partial charge in [-0.2, -0.15) is 0 Å². The van der Waals surface area contributed by atoms with Crippen molar-refractivity contribution in [3.8, 4) is 5.75 Å². The maximum absolute atomic E-state index is 12.3. The third-order valence-electron chi connectivity index (χ3n) is 2.41. The number of aliphatic hydroxyl groups excluding tert-OH is 1. The van der Waals surface area contributed by atoms with E-state index in [1.54, 1.807) is 0 Å². The second-order valence-corrected chi connectivity index (χ2v) is 3.82. The van der Waals surface area contributed by atoms with E-state index in [9.17, 15) is 27.9 Å². The zero-order valence-corrected chi connectivity index (χ0v) is 10.3. The Balaban J connectivity index is 3.30. The van der Waals surface area contributed by atoms with Crippen molar-refractivity contribution in [2.75, 3.05) is 0 Å². The molecule has 0 radical (unpaired) electrons. The Morgan fingerprint density at radius 3 is 2.40 bits per heavy atom. The molecule has 0 aliphatic rings. The molecule has 0 aromatic heterocycles. The molecule has 0 aliphatic carbocycles. The first kappa shape index (κ1) is 16.0. The number of alkyl halides is 3. The van der Waals surface area contributed by atoms with E-state index in [4.69, 9.17) is 5.11 Å². The van der Waals surface area contributed by atoms with Crippen LogP contribution in [0.1, 0.15) is 35.4 Å². The van der Waals surface area contributed by atoms with Crippen LogP contribution in [0.2, 0.25) is 0 Å². The van der Waals surface area contributed by atoms with Gasteiger partial charge in [0.15, 0.2) is 11.9 Å². The number of ether oxygens (including phenoxy) is 1. The summed E-state index contributed by atoms with van der Waals surface area (Å²) in [7, 11) is 0. The first-order valence-corrected chi connectivity index (χ1v) is 5.49. The van der Waals surface area contributed by atoms with E-state index in [0.29, 0.717) is 0 Å². The quantitative estimate of drug-likeness (QED) is 0.813. The fourth-order valence-electron chi connectivity index (χ4n) is 1.48. The topological polar surface area (TPSA) is 83.8 Å². The molecule has 2 N–H and O–H groups in total. The van der Waals surface area contributed by atoms with Crippen LogP contribution in [0.4, 0.5) is 13.2 Å². The van der Waals surface area contributed by atoms with Crippen LogP contribution in [0.5, 0.6) is 5.75 Å². The van der Waals surface area contributed by atoms with Crippen LogP contribution in [0, 0.1) is 0 Å². The molecule has 1 atom stereocenters. The van der Waals surface area contributed by atoms with Gasteiger partial charge in [0.1, 0.15) is 5.75 Å². The molecule has 0 amide bonds. The number of Topliss-reactive ketones (excluding diaryl/α,β-unsaturated/α-hetero) is 1. The SMILES string of the molecule is CCC(=O)c1ccc(C(O)C(=O)O)c(OC(F)(F)F)c1. The van der Waals surface area contributed by atoms with E-state index in [1.165, 1.54) is 6.92 Å². The van der Waals surface area contributed by atoms with E-state index in [0.717, 1.165) is 18.2 Å². The summed E-state index contributed by atoms with van der Waals surface area (Å²) in [5.41, 5.74) is -0.643. The minimum atomic E-state index is -5.07. The molecule has 0 fully saturated rings. The fourth-order valence-corrected chi connectivity index (χ4v) is 1.48. The van der Waals surface area contributed by atoms with Crippen molar-refractivity contribution in [1.29, 1.82) is 0 Å². The highest BCUT2D eigenvalue weighted by Gasteiger charge is 2.34. The summed E-state index contributed by atoms with van der Waals surface area (Å²) in [6, 6.07) is 2.82. The van der Waals surface area contributed by atoms with Gasteiger partial charge in [0.05, 0.1) is 0 Å². The van der Waals surface area contributed by atoms with E-state index in [-0.39, 0.29) is 12.0 Å². The second kappa shape index (κ2) is 5.91. The maximum atomic E-state index is 12.3. The molecule has 0 bridgehead atoms. The predicted molar refractivity (Wildman–Crippen MR) is 60.3 cm³/mol. The Hall–Kier alpha value is -2.09. The number of carboxylic acid groups (broad SMARTS) is 1. The van der Waals surface area contributed by atoms with Crippen LogP contribution in [-0.2, 0) is 4.79 Å². The number of rotatable bonds is 5. The van der Waals surface area contributed by atoms with Crippen molar-refractivity contribution >= 4 is 11.8 Å². The molecule has 0 heterocycles. The maximum Gasteiger partial charge on any atom is 0.573 e. The third kappa shape index (κ3) is 3.95. The highest BCUT2D eigenvalue weighted by molar-refractivity contribution is 5.96. The number of carbonyl (C=O) groups excluding carboxylic acids is 1. The summed E-state index contributed by atoms with van der Waals surface area (Å²) >= 11 is 0. The smallest absolute Gasteiger partial charge is 0.479 e. The monoisotopic (exact) mass is 292 g/mol. The van der Waals surface area contributed by atoms with Gasteiger partial charge in [-0.25, -0.2) is 4.79 Å². The van der Waals surface area contributed by atoms with Gasteiger partial charge in [0.2, 0.25) is 0 Å². The number of hydrogen-bond donors (Lipinski definition) is 2. The molecule has 1 unspecified atom stereocenters. The van der Waals surface area contributed by atoms with Crippen LogP contribution >= 0.6 is 0 Å². The molecule has 5 nitrogen and oxygen atoms in total. The number of ketones is 1. The van der Waals surface area contributed by atoms with Crippen LogP contribution in [0.3, 0.4) is 0 Å². The van der Waals surface area contributed by atoms with Crippen LogP contribution in [0.15, 0.2) is 18.2 Å². The van der Waals surface area contributed by atoms with Crippen molar-refractivity contribution in [2.24, 2.45) is 0 Å². The summed E-state index contributed by atoms with van der Waals surface area (Å²) in [5, 5.41) is 18.0. The molecule has 1 rings (SSSR count). The van der Waals surface area contributed by atoms with Gasteiger partial charge in [-0.1, -0.05) is 19.1 Å². The van der Waals surface area contributed by atoms with Crippen LogP contribution < -0.4 is 4.74 Å². The van der Waals surface area contributed by atoms with Crippen LogP contribution in [0.25, 0.3) is 0 Å². The van der Waals surface area contributed by atoms with E-state index < -0.39 is 35.5 Å². The first-order chi connectivity index (χ1) is 9.15. The lowest BCUT2D eigenvalue weighted by Crippen LogP contribution is -2.20. The number of carboxylic acids is 1. The molecule has 0 aliphatic heterocycles. The molecular weight excluding hydrogens is 281 g/mol. The highest BCUT2D eigenvalue weighted by Crippen LogP contribution is 2.32. The number of halogens is 3. The highest BCUT2D eigenvalue weighted by atomic mass is 19.4. The minimum absolute atomic E-state index is 0.0618. The molecule has 8 heteroatoms. The van der Waals surface area contributed by atoms with Crippen LogP contribution in [-0.4, -0.2) is 28.3 Å². The van der Waals surface area contributed by atoms with Crippen molar-refractivity contribution in [3.63, 3.8) is 0 Å². The Labute approximate surface area is 111 Å². The summed E-state index contributed by atoms with van der Waals surface area (Å²) < 4.78 is 40.5. The Bertz CT molecular complexity index is 524. The number of hydrogen-bond acceptors (Lipinski definition) is 4. The molecule has 110 valence electrons. The van der Waals surface area contributed by atoms with Gasteiger partial charge >= 0.3 is 12.3 Å². The molecule has 1 aromatic rings. The van der Waals surface area contributed by atoms with E-state index in [2.05, 4.69) is 4.74 Å². The lowest BCUT2D eigenvalue weighted by atomic mass is 10.0. The van der Waals surface area contributed by atoms with Gasteiger partial charge in [0, 0.05) is 17.5 Å². The molecule has 0 saturated carbocycles. The standard InChI is InChI=1S/C12H11F3O5/c1-2-8(16)6-3-4-7(10(17)11(18)19)9(5-6)20-12(13,14)15/h3-5,10,17H,2H2,1H3,(H,18,19). The molecule has 20 heavy (non-hydrogen) atoms. The minimum Gasteiger partial charge on any atom is -0.479 e. The molecular formula is C12H11F3O5. The van der Waals surface area contributed by atoms with Crippen molar-refractivity contribution in [2.45, 2.75) is 25.8 Å². The number of carbonyl (C=O) groups is 2. The first-order valence-electron chi connectivity index (χ1n) is 5.49. The van der Waals surface area contributed by atoms with Gasteiger partial charge in [-0.3, -0.25) is 4.79 Å². The average Bonchev–Trinajstić information content (AvgIpc) is 2.34. The van der Waals surface area contributed by atoms with Gasteiger partial charge < -0.3 is 14.9 Å². The normalized spacial score (nSPS) is 12.8.